The molecule has 0 unspecified atom stereocenters. The predicted octanol–water partition coefficient (Wildman–Crippen LogP) is 2.59. The van der Waals surface area contributed by atoms with Crippen LogP contribution in [0.4, 0.5) is 5.69 Å². The Balaban J connectivity index is 1.40. The van der Waals surface area contributed by atoms with Crippen molar-refractivity contribution in [1.29, 1.82) is 0 Å². The highest BCUT2D eigenvalue weighted by atomic mass is 32.2. The lowest BCUT2D eigenvalue weighted by atomic mass is 10.1. The molecule has 0 bridgehead atoms. The van der Waals surface area contributed by atoms with Gasteiger partial charge in [0.25, 0.3) is 0 Å². The quantitative estimate of drug-likeness (QED) is 0.747. The summed E-state index contributed by atoms with van der Waals surface area (Å²) in [5.74, 6) is -0.149. The second kappa shape index (κ2) is 8.80. The number of aryl methyl sites for hydroxylation is 1. The summed E-state index contributed by atoms with van der Waals surface area (Å²) in [5, 5.41) is 2.88. The molecule has 1 N–H and O–H groups in total. The van der Waals surface area contributed by atoms with Crippen molar-refractivity contribution in [2.45, 2.75) is 50.1 Å². The van der Waals surface area contributed by atoms with Crippen LogP contribution in [0.25, 0.3) is 0 Å². The maximum atomic E-state index is 13.0. The van der Waals surface area contributed by atoms with E-state index in [0.717, 1.165) is 29.8 Å². The largest absolute Gasteiger partial charge is 0.351 e. The third-order valence-corrected chi connectivity index (χ3v) is 7.84. The number of anilines is 1. The number of nitrogens with zero attached hydrogens (tertiary/aromatic N) is 2. The summed E-state index contributed by atoms with van der Waals surface area (Å²) in [6.07, 6.45) is 2.62. The van der Waals surface area contributed by atoms with E-state index in [1.807, 2.05) is 31.2 Å². The lowest BCUT2D eigenvalue weighted by molar-refractivity contribution is -0.124. The maximum Gasteiger partial charge on any atom is 0.243 e. The molecule has 4 rings (SSSR count). The minimum Gasteiger partial charge on any atom is -0.351 e. The van der Waals surface area contributed by atoms with Crippen molar-refractivity contribution in [3.05, 3.63) is 59.7 Å². The van der Waals surface area contributed by atoms with Gasteiger partial charge in [-0.05, 0) is 56.0 Å². The lowest BCUT2D eigenvalue weighted by Crippen LogP contribution is -2.45. The molecule has 2 aliphatic heterocycles. The molecule has 2 heterocycles. The van der Waals surface area contributed by atoms with Gasteiger partial charge in [0.1, 0.15) is 6.04 Å². The van der Waals surface area contributed by atoms with Crippen LogP contribution in [0, 0.1) is 6.92 Å². The molecule has 0 spiro atoms. The first-order valence-electron chi connectivity index (χ1n) is 10.6. The summed E-state index contributed by atoms with van der Waals surface area (Å²) >= 11 is 0. The molecule has 2 amide bonds. The fourth-order valence-corrected chi connectivity index (χ4v) is 5.81. The first-order chi connectivity index (χ1) is 14.9. The zero-order valence-corrected chi connectivity index (χ0v) is 18.4. The number of rotatable bonds is 6. The number of amides is 2. The number of hydrogen-bond donors (Lipinski definition) is 1. The molecular formula is C23H27N3O4S. The van der Waals surface area contributed by atoms with Crippen molar-refractivity contribution in [2.75, 3.05) is 18.0 Å². The normalized spacial score (nSPS) is 19.7. The van der Waals surface area contributed by atoms with Crippen LogP contribution in [-0.2, 0) is 26.2 Å². The van der Waals surface area contributed by atoms with E-state index in [2.05, 4.69) is 5.32 Å². The van der Waals surface area contributed by atoms with Gasteiger partial charge in [-0.1, -0.05) is 29.8 Å². The predicted molar refractivity (Wildman–Crippen MR) is 118 cm³/mol. The third kappa shape index (κ3) is 4.50. The Bertz CT molecular complexity index is 1070. The van der Waals surface area contributed by atoms with Crippen molar-refractivity contribution < 1.29 is 18.0 Å². The van der Waals surface area contributed by atoms with Gasteiger partial charge in [0.2, 0.25) is 21.8 Å². The van der Waals surface area contributed by atoms with E-state index in [-0.39, 0.29) is 16.7 Å². The Morgan fingerprint density at radius 1 is 1.03 bits per heavy atom. The molecule has 8 heteroatoms. The standard InChI is InChI=1S/C23H27N3O4S/c1-17-6-12-20(13-7-17)31(29,30)26-15-2-4-21(26)23(28)24-16-18-8-10-19(11-9-18)25-14-3-5-22(25)27/h6-13,21H,2-5,14-16H2,1H3,(H,24,28)/t21-/m1/s1. The molecule has 0 radical (unpaired) electrons. The zero-order valence-electron chi connectivity index (χ0n) is 17.6. The Morgan fingerprint density at radius 2 is 1.74 bits per heavy atom. The van der Waals surface area contributed by atoms with Crippen molar-refractivity contribution in [1.82, 2.24) is 9.62 Å². The molecular weight excluding hydrogens is 414 g/mol. The molecule has 0 saturated carbocycles. The van der Waals surface area contributed by atoms with Crippen LogP contribution in [0.5, 0.6) is 0 Å². The summed E-state index contributed by atoms with van der Waals surface area (Å²) in [5.41, 5.74) is 2.74. The number of nitrogens with one attached hydrogen (secondary N) is 1. The van der Waals surface area contributed by atoms with Crippen LogP contribution in [0.3, 0.4) is 0 Å². The Hall–Kier alpha value is -2.71. The fourth-order valence-electron chi connectivity index (χ4n) is 4.16. The van der Waals surface area contributed by atoms with Crippen LogP contribution in [-0.4, -0.2) is 43.7 Å². The molecule has 164 valence electrons. The summed E-state index contributed by atoms with van der Waals surface area (Å²) in [6.45, 7) is 3.29. The maximum absolute atomic E-state index is 13.0. The van der Waals surface area contributed by atoms with Gasteiger partial charge in [-0.15, -0.1) is 0 Å². The molecule has 2 fully saturated rings. The monoisotopic (exact) mass is 441 g/mol. The summed E-state index contributed by atoms with van der Waals surface area (Å²) < 4.78 is 27.4. The van der Waals surface area contributed by atoms with Crippen LogP contribution in [0.15, 0.2) is 53.4 Å². The first kappa shape index (κ1) is 21.5. The highest BCUT2D eigenvalue weighted by Gasteiger charge is 2.39. The van der Waals surface area contributed by atoms with Gasteiger partial charge in [0.05, 0.1) is 4.90 Å². The molecule has 1 atom stereocenters. The topological polar surface area (TPSA) is 86.8 Å². The van der Waals surface area contributed by atoms with E-state index in [1.165, 1.54) is 4.31 Å². The molecule has 0 aliphatic carbocycles. The Morgan fingerprint density at radius 3 is 2.39 bits per heavy atom. The van der Waals surface area contributed by atoms with Gasteiger partial charge in [0, 0.05) is 31.7 Å². The molecule has 2 saturated heterocycles. The molecule has 2 aliphatic rings. The number of benzene rings is 2. The molecule has 2 aromatic carbocycles. The number of hydrogen-bond acceptors (Lipinski definition) is 4. The Kier molecular flexibility index (Phi) is 6.11. The summed E-state index contributed by atoms with van der Waals surface area (Å²) in [6, 6.07) is 13.5. The van der Waals surface area contributed by atoms with Gasteiger partial charge in [-0.2, -0.15) is 4.31 Å². The number of sulfonamides is 1. The fraction of sp³-hybridized carbons (Fsp3) is 0.391. The van der Waals surface area contributed by atoms with E-state index in [4.69, 9.17) is 0 Å². The Labute approximate surface area is 183 Å². The van der Waals surface area contributed by atoms with E-state index in [0.29, 0.717) is 32.4 Å². The van der Waals surface area contributed by atoms with Gasteiger partial charge in [-0.25, -0.2) is 8.42 Å². The SMILES string of the molecule is Cc1ccc(S(=O)(=O)N2CCC[C@@H]2C(=O)NCc2ccc(N3CCCC3=O)cc2)cc1. The highest BCUT2D eigenvalue weighted by molar-refractivity contribution is 7.89. The second-order valence-electron chi connectivity index (χ2n) is 8.12. The van der Waals surface area contributed by atoms with Crippen LogP contribution >= 0.6 is 0 Å². The van der Waals surface area contributed by atoms with Gasteiger partial charge >= 0.3 is 0 Å². The van der Waals surface area contributed by atoms with E-state index in [1.54, 1.807) is 29.2 Å². The average molecular weight is 442 g/mol. The zero-order chi connectivity index (χ0) is 22.0. The smallest absolute Gasteiger partial charge is 0.243 e. The number of carbonyl (C=O) groups excluding carboxylic acids is 2. The molecule has 0 aromatic heterocycles. The van der Waals surface area contributed by atoms with Gasteiger partial charge in [0.15, 0.2) is 0 Å². The minimum atomic E-state index is -3.72. The lowest BCUT2D eigenvalue weighted by Gasteiger charge is -2.23. The molecule has 31 heavy (non-hydrogen) atoms. The molecule has 7 nitrogen and oxygen atoms in total. The van der Waals surface area contributed by atoms with Crippen molar-refractivity contribution in [2.24, 2.45) is 0 Å². The summed E-state index contributed by atoms with van der Waals surface area (Å²) in [4.78, 5) is 26.7. The van der Waals surface area contributed by atoms with Gasteiger partial charge in [-0.3, -0.25) is 9.59 Å². The number of carbonyl (C=O) groups is 2. The van der Waals surface area contributed by atoms with Crippen LogP contribution < -0.4 is 10.2 Å². The first-order valence-corrected chi connectivity index (χ1v) is 12.1. The third-order valence-electron chi connectivity index (χ3n) is 5.92. The minimum absolute atomic E-state index is 0.136. The van der Waals surface area contributed by atoms with Crippen molar-refractivity contribution >= 4 is 27.5 Å². The van der Waals surface area contributed by atoms with E-state index < -0.39 is 16.1 Å². The summed E-state index contributed by atoms with van der Waals surface area (Å²) in [7, 11) is -3.72. The van der Waals surface area contributed by atoms with Crippen molar-refractivity contribution in [3.63, 3.8) is 0 Å². The second-order valence-corrected chi connectivity index (χ2v) is 10.0. The average Bonchev–Trinajstić information content (AvgIpc) is 3.42. The highest BCUT2D eigenvalue weighted by Crippen LogP contribution is 2.27. The van der Waals surface area contributed by atoms with E-state index >= 15 is 0 Å². The van der Waals surface area contributed by atoms with Crippen LogP contribution in [0.2, 0.25) is 0 Å². The van der Waals surface area contributed by atoms with E-state index in [9.17, 15) is 18.0 Å². The van der Waals surface area contributed by atoms with Gasteiger partial charge < -0.3 is 10.2 Å². The molecule has 2 aromatic rings. The van der Waals surface area contributed by atoms with Crippen LogP contribution in [0.1, 0.15) is 36.8 Å². The van der Waals surface area contributed by atoms with Crippen molar-refractivity contribution in [3.8, 4) is 0 Å².